The van der Waals surface area contributed by atoms with E-state index in [0.717, 1.165) is 17.1 Å². The van der Waals surface area contributed by atoms with Crippen LogP contribution in [-0.2, 0) is 14.3 Å². The summed E-state index contributed by atoms with van der Waals surface area (Å²) >= 11 is 0. The van der Waals surface area contributed by atoms with Gasteiger partial charge in [-0.2, -0.15) is 0 Å². The molecule has 0 saturated heterocycles. The third-order valence-corrected chi connectivity index (χ3v) is 4.25. The number of allylic oxidation sites excluding steroid dienone is 4. The number of benzene rings is 1. The summed E-state index contributed by atoms with van der Waals surface area (Å²) in [6.45, 7) is 3.94. The Morgan fingerprint density at radius 2 is 1.37 bits per heavy atom. The van der Waals surface area contributed by atoms with E-state index in [4.69, 9.17) is 14.5 Å². The first-order chi connectivity index (χ1) is 12.9. The standard InChI is InChI=1S/C22H22N2O3/c1-15-5-7-16(8-6-15)23-17-9-11-18(12-10-17)24-22(2)13-19(26-3)21(25)20(14-22)27-4/h5-14H,1-4H3. The molecular weight excluding hydrogens is 340 g/mol. The van der Waals surface area contributed by atoms with E-state index in [0.29, 0.717) is 0 Å². The van der Waals surface area contributed by atoms with E-state index in [1.54, 1.807) is 12.2 Å². The number of carbonyl (C=O) groups excluding carboxylic acids is 1. The van der Waals surface area contributed by atoms with Crippen LogP contribution in [0.3, 0.4) is 0 Å². The van der Waals surface area contributed by atoms with E-state index in [1.165, 1.54) is 19.8 Å². The number of rotatable bonds is 4. The third-order valence-electron chi connectivity index (χ3n) is 4.25. The SMILES string of the molecule is COC1=CC(C)(N=C2C=CC(=Nc3ccc(C)cc3)C=C2)C=C(OC)C1=O. The van der Waals surface area contributed by atoms with Crippen molar-refractivity contribution in [2.75, 3.05) is 14.2 Å². The van der Waals surface area contributed by atoms with Crippen molar-refractivity contribution in [3.05, 3.63) is 77.8 Å². The van der Waals surface area contributed by atoms with Gasteiger partial charge in [-0.15, -0.1) is 0 Å². The monoisotopic (exact) mass is 362 g/mol. The van der Waals surface area contributed by atoms with Crippen molar-refractivity contribution < 1.29 is 14.3 Å². The number of aliphatic imine (C=N–C) groups is 2. The Balaban J connectivity index is 1.84. The average molecular weight is 362 g/mol. The van der Waals surface area contributed by atoms with Crippen LogP contribution in [0.4, 0.5) is 5.69 Å². The fraction of sp³-hybridized carbons (Fsp3) is 0.227. The Morgan fingerprint density at radius 1 is 0.852 bits per heavy atom. The van der Waals surface area contributed by atoms with Crippen molar-refractivity contribution in [1.82, 2.24) is 0 Å². The third kappa shape index (κ3) is 4.31. The summed E-state index contributed by atoms with van der Waals surface area (Å²) in [6.07, 6.45) is 11.0. The first-order valence-electron chi connectivity index (χ1n) is 8.62. The number of hydrogen-bond donors (Lipinski definition) is 0. The minimum Gasteiger partial charge on any atom is -0.493 e. The highest BCUT2D eigenvalue weighted by Crippen LogP contribution is 2.27. The largest absolute Gasteiger partial charge is 0.493 e. The predicted octanol–water partition coefficient (Wildman–Crippen LogP) is 4.04. The highest BCUT2D eigenvalue weighted by molar-refractivity contribution is 6.19. The topological polar surface area (TPSA) is 60.3 Å². The average Bonchev–Trinajstić information content (AvgIpc) is 2.67. The number of methoxy groups -OCH3 is 2. The van der Waals surface area contributed by atoms with E-state index in [2.05, 4.69) is 4.99 Å². The molecule has 1 aromatic carbocycles. The smallest absolute Gasteiger partial charge is 0.261 e. The predicted molar refractivity (Wildman–Crippen MR) is 108 cm³/mol. The molecule has 0 atom stereocenters. The number of nitrogens with zero attached hydrogens (tertiary/aromatic N) is 2. The summed E-state index contributed by atoms with van der Waals surface area (Å²) in [5.41, 5.74) is 2.99. The molecular formula is C22H22N2O3. The van der Waals surface area contributed by atoms with Gasteiger partial charge in [-0.05, 0) is 62.4 Å². The highest BCUT2D eigenvalue weighted by atomic mass is 16.5. The van der Waals surface area contributed by atoms with Gasteiger partial charge in [-0.1, -0.05) is 17.7 Å². The van der Waals surface area contributed by atoms with Gasteiger partial charge in [0, 0.05) is 0 Å². The quantitative estimate of drug-likeness (QED) is 0.760. The maximum atomic E-state index is 12.1. The molecule has 0 N–H and O–H groups in total. The van der Waals surface area contributed by atoms with Crippen LogP contribution < -0.4 is 0 Å². The Bertz CT molecular complexity index is 887. The second kappa shape index (κ2) is 7.58. The van der Waals surface area contributed by atoms with Crippen molar-refractivity contribution in [2.45, 2.75) is 19.4 Å². The second-order valence-corrected chi connectivity index (χ2v) is 6.56. The molecule has 27 heavy (non-hydrogen) atoms. The lowest BCUT2D eigenvalue weighted by molar-refractivity contribution is -0.118. The summed E-state index contributed by atoms with van der Waals surface area (Å²) in [5, 5.41) is 0. The Hall–Kier alpha value is -3.21. The van der Waals surface area contributed by atoms with Crippen molar-refractivity contribution in [3.63, 3.8) is 0 Å². The minimum absolute atomic E-state index is 0.228. The van der Waals surface area contributed by atoms with Crippen LogP contribution in [0.25, 0.3) is 0 Å². The molecule has 5 heteroatoms. The molecule has 2 aliphatic carbocycles. The number of hydrogen-bond acceptors (Lipinski definition) is 5. The zero-order valence-electron chi connectivity index (χ0n) is 15.9. The van der Waals surface area contributed by atoms with Crippen LogP contribution >= 0.6 is 0 Å². The Morgan fingerprint density at radius 3 is 1.89 bits per heavy atom. The van der Waals surface area contributed by atoms with E-state index in [9.17, 15) is 4.79 Å². The van der Waals surface area contributed by atoms with Crippen LogP contribution in [0.5, 0.6) is 0 Å². The van der Waals surface area contributed by atoms with Crippen molar-refractivity contribution in [3.8, 4) is 0 Å². The fourth-order valence-electron chi connectivity index (χ4n) is 2.84. The lowest BCUT2D eigenvalue weighted by Crippen LogP contribution is -2.28. The molecule has 0 bridgehead atoms. The molecule has 0 amide bonds. The molecule has 0 spiro atoms. The van der Waals surface area contributed by atoms with Gasteiger partial charge in [0.15, 0.2) is 11.5 Å². The van der Waals surface area contributed by atoms with Gasteiger partial charge < -0.3 is 9.47 Å². The van der Waals surface area contributed by atoms with Crippen LogP contribution in [-0.4, -0.2) is 37.0 Å². The maximum Gasteiger partial charge on any atom is 0.261 e. The zero-order valence-corrected chi connectivity index (χ0v) is 15.9. The molecule has 5 nitrogen and oxygen atoms in total. The minimum atomic E-state index is -0.736. The normalized spacial score (nSPS) is 18.0. The molecule has 0 unspecified atom stereocenters. The van der Waals surface area contributed by atoms with Gasteiger partial charge >= 0.3 is 0 Å². The summed E-state index contributed by atoms with van der Waals surface area (Å²) in [4.78, 5) is 21.5. The lowest BCUT2D eigenvalue weighted by Gasteiger charge is -2.25. The first kappa shape index (κ1) is 18.6. The van der Waals surface area contributed by atoms with E-state index < -0.39 is 5.54 Å². The van der Waals surface area contributed by atoms with E-state index in [-0.39, 0.29) is 17.3 Å². The lowest BCUT2D eigenvalue weighted by atomic mass is 9.93. The maximum absolute atomic E-state index is 12.1. The summed E-state index contributed by atoms with van der Waals surface area (Å²) in [5.74, 6) is 0.179. The summed E-state index contributed by atoms with van der Waals surface area (Å²) < 4.78 is 10.4. The molecule has 0 fully saturated rings. The molecule has 0 radical (unpaired) electrons. The summed E-state index contributed by atoms with van der Waals surface area (Å²) in [6, 6.07) is 8.05. The Kier molecular flexibility index (Phi) is 5.21. The number of ether oxygens (including phenoxy) is 2. The van der Waals surface area contributed by atoms with E-state index in [1.807, 2.05) is 62.4 Å². The summed E-state index contributed by atoms with van der Waals surface area (Å²) in [7, 11) is 2.92. The van der Waals surface area contributed by atoms with Crippen LogP contribution in [0.2, 0.25) is 0 Å². The number of ketones is 1. The van der Waals surface area contributed by atoms with Gasteiger partial charge in [0.25, 0.3) is 5.78 Å². The number of carbonyl (C=O) groups is 1. The molecule has 0 aliphatic heterocycles. The van der Waals surface area contributed by atoms with Crippen molar-refractivity contribution >= 4 is 22.9 Å². The molecule has 2 aliphatic rings. The molecule has 1 aromatic rings. The molecule has 0 heterocycles. The van der Waals surface area contributed by atoms with Crippen LogP contribution in [0.15, 0.2) is 82.2 Å². The van der Waals surface area contributed by atoms with Crippen molar-refractivity contribution in [1.29, 1.82) is 0 Å². The second-order valence-electron chi connectivity index (χ2n) is 6.56. The Labute approximate surface area is 159 Å². The number of Topliss-reactive ketones (excluding diaryl/α,β-unsaturated/α-hetero) is 1. The van der Waals surface area contributed by atoms with Gasteiger partial charge in [0.05, 0.1) is 31.3 Å². The van der Waals surface area contributed by atoms with Gasteiger partial charge in [0.2, 0.25) is 0 Å². The van der Waals surface area contributed by atoms with Gasteiger partial charge in [0.1, 0.15) is 5.54 Å². The van der Waals surface area contributed by atoms with Gasteiger partial charge in [-0.25, -0.2) is 4.99 Å². The molecule has 3 rings (SSSR count). The molecule has 138 valence electrons. The zero-order chi connectivity index (χ0) is 19.4. The first-order valence-corrected chi connectivity index (χ1v) is 8.62. The van der Waals surface area contributed by atoms with Crippen molar-refractivity contribution in [2.24, 2.45) is 9.98 Å². The molecule has 0 aromatic heterocycles. The van der Waals surface area contributed by atoms with Crippen LogP contribution in [0.1, 0.15) is 12.5 Å². The van der Waals surface area contributed by atoms with E-state index >= 15 is 0 Å². The molecule has 0 saturated carbocycles. The van der Waals surface area contributed by atoms with Gasteiger partial charge in [-0.3, -0.25) is 9.79 Å². The fourth-order valence-corrected chi connectivity index (χ4v) is 2.84. The van der Waals surface area contributed by atoms with Crippen LogP contribution in [0, 0.1) is 6.92 Å². The highest BCUT2D eigenvalue weighted by Gasteiger charge is 2.32. The number of aryl methyl sites for hydroxylation is 1.